The third-order valence-electron chi connectivity index (χ3n) is 6.60. The van der Waals surface area contributed by atoms with Crippen molar-refractivity contribution in [2.45, 2.75) is 89.0 Å². The largest absolute Gasteiger partial charge is 0.409 e. The normalized spacial score (nSPS) is 37.9. The van der Waals surface area contributed by atoms with Crippen molar-refractivity contribution in [3.05, 3.63) is 23.3 Å². The zero-order valence-corrected chi connectivity index (χ0v) is 20.2. The van der Waals surface area contributed by atoms with Gasteiger partial charge in [0.05, 0.1) is 11.2 Å². The number of carbonyl (C=O) groups excluding carboxylic acids is 2. The maximum absolute atomic E-state index is 12.2. The van der Waals surface area contributed by atoms with Crippen molar-refractivity contribution in [1.82, 2.24) is 0 Å². The van der Waals surface area contributed by atoms with Crippen LogP contribution in [0, 0.1) is 11.8 Å². The molecule has 4 aliphatic carbocycles. The minimum absolute atomic E-state index is 0.250. The summed E-state index contributed by atoms with van der Waals surface area (Å²) >= 11 is 0. The average Bonchev–Trinajstić information content (AvgIpc) is 2.97. The highest BCUT2D eigenvalue weighted by molar-refractivity contribution is 6.70. The van der Waals surface area contributed by atoms with E-state index in [1.807, 2.05) is 12.2 Å². The van der Waals surface area contributed by atoms with Crippen LogP contribution in [0.3, 0.4) is 0 Å². The van der Waals surface area contributed by atoms with Gasteiger partial charge in [-0.3, -0.25) is 9.59 Å². The van der Waals surface area contributed by atoms with Gasteiger partial charge in [-0.15, -0.1) is 0 Å². The molecule has 4 rings (SSSR count). The number of allylic oxidation sites excluding steroid dienone is 2. The molecule has 28 heavy (non-hydrogen) atoms. The van der Waals surface area contributed by atoms with Crippen molar-refractivity contribution in [2.24, 2.45) is 11.8 Å². The van der Waals surface area contributed by atoms with Gasteiger partial charge in [0.15, 0.2) is 28.2 Å². The molecule has 0 bridgehead atoms. The van der Waals surface area contributed by atoms with Gasteiger partial charge in [0.25, 0.3) is 0 Å². The van der Waals surface area contributed by atoms with E-state index in [0.29, 0.717) is 12.8 Å². The molecule has 4 aliphatic rings. The van der Waals surface area contributed by atoms with E-state index in [-0.39, 0.29) is 23.4 Å². The van der Waals surface area contributed by atoms with Crippen molar-refractivity contribution in [3.8, 4) is 0 Å². The Bertz CT molecular complexity index is 737. The van der Waals surface area contributed by atoms with Crippen molar-refractivity contribution < 1.29 is 18.4 Å². The summed E-state index contributed by atoms with van der Waals surface area (Å²) in [5, 5.41) is 0. The van der Waals surface area contributed by atoms with E-state index in [9.17, 15) is 9.59 Å². The second-order valence-corrected chi connectivity index (χ2v) is 20.2. The first-order chi connectivity index (χ1) is 12.8. The third kappa shape index (κ3) is 3.57. The highest BCUT2D eigenvalue weighted by Crippen LogP contribution is 2.61. The number of hydrogen-bond donors (Lipinski definition) is 0. The Hall–Kier alpha value is -0.826. The number of rotatable bonds is 4. The summed E-state index contributed by atoms with van der Waals surface area (Å²) in [4.78, 5) is 24.5. The predicted octanol–water partition coefficient (Wildman–Crippen LogP) is 4.79. The quantitative estimate of drug-likeness (QED) is 0.616. The van der Waals surface area contributed by atoms with E-state index in [4.69, 9.17) is 8.85 Å². The standard InChI is InChI=1S/C22H34O4Si2/c1-27(2,3)25-21-11-15-7-19(23)9-17(15)13-22(21,26-28(4,5)6)14-18-10-20(24)8-16(18)12-21/h7-8,17-18H,9-14H2,1-6H3/t17-,18+,21?,22?. The Morgan fingerprint density at radius 1 is 0.750 bits per heavy atom. The molecule has 2 saturated carbocycles. The smallest absolute Gasteiger partial charge is 0.184 e. The summed E-state index contributed by atoms with van der Waals surface area (Å²) in [6.45, 7) is 13.5. The zero-order chi connectivity index (χ0) is 20.5. The molecule has 0 saturated heterocycles. The van der Waals surface area contributed by atoms with E-state index in [0.717, 1.165) is 25.7 Å². The van der Waals surface area contributed by atoms with Crippen molar-refractivity contribution in [2.75, 3.05) is 0 Å². The summed E-state index contributed by atoms with van der Waals surface area (Å²) in [6.07, 6.45) is 8.24. The van der Waals surface area contributed by atoms with Crippen LogP contribution in [0.1, 0.15) is 38.5 Å². The molecule has 0 aliphatic heterocycles. The monoisotopic (exact) mass is 418 g/mol. The van der Waals surface area contributed by atoms with Crippen LogP contribution < -0.4 is 0 Å². The Kier molecular flexibility index (Phi) is 4.63. The highest BCUT2D eigenvalue weighted by atomic mass is 28.4. The molecule has 0 aromatic rings. The molecule has 0 amide bonds. The average molecular weight is 419 g/mol. The lowest BCUT2D eigenvalue weighted by Crippen LogP contribution is -2.68. The van der Waals surface area contributed by atoms with E-state index in [1.54, 1.807) is 0 Å². The molecule has 2 fully saturated rings. The van der Waals surface area contributed by atoms with Gasteiger partial charge >= 0.3 is 0 Å². The van der Waals surface area contributed by atoms with Gasteiger partial charge in [0.2, 0.25) is 0 Å². The van der Waals surface area contributed by atoms with E-state index < -0.39 is 27.8 Å². The van der Waals surface area contributed by atoms with E-state index >= 15 is 0 Å². The summed E-state index contributed by atoms with van der Waals surface area (Å²) < 4.78 is 14.1. The minimum atomic E-state index is -1.90. The van der Waals surface area contributed by atoms with Crippen molar-refractivity contribution in [3.63, 3.8) is 0 Å². The molecular weight excluding hydrogens is 384 g/mol. The molecule has 2 unspecified atom stereocenters. The Labute approximate surface area is 171 Å². The molecule has 0 heterocycles. The molecular formula is C22H34O4Si2. The molecule has 4 atom stereocenters. The molecule has 154 valence electrons. The number of hydrogen-bond acceptors (Lipinski definition) is 4. The molecule has 0 spiro atoms. The maximum atomic E-state index is 12.2. The topological polar surface area (TPSA) is 52.6 Å². The van der Waals surface area contributed by atoms with Gasteiger partial charge in [-0.2, -0.15) is 0 Å². The van der Waals surface area contributed by atoms with Crippen LogP contribution in [-0.4, -0.2) is 39.4 Å². The molecule has 4 nitrogen and oxygen atoms in total. The van der Waals surface area contributed by atoms with Crippen molar-refractivity contribution >= 4 is 28.2 Å². The van der Waals surface area contributed by atoms with Gasteiger partial charge in [-0.05, 0) is 76.1 Å². The van der Waals surface area contributed by atoms with Gasteiger partial charge in [0.1, 0.15) is 0 Å². The molecule has 0 aromatic heterocycles. The molecule has 6 heteroatoms. The van der Waals surface area contributed by atoms with Gasteiger partial charge in [-0.25, -0.2) is 0 Å². The first-order valence-corrected chi connectivity index (χ1v) is 17.5. The van der Waals surface area contributed by atoms with Crippen LogP contribution in [0.2, 0.25) is 39.3 Å². The van der Waals surface area contributed by atoms with Gasteiger partial charge in [0, 0.05) is 25.7 Å². The zero-order valence-electron chi connectivity index (χ0n) is 18.2. The summed E-state index contributed by atoms with van der Waals surface area (Å²) in [5.41, 5.74) is 1.66. The van der Waals surface area contributed by atoms with Gasteiger partial charge < -0.3 is 8.85 Å². The minimum Gasteiger partial charge on any atom is -0.409 e. The number of ketones is 2. The first-order valence-electron chi connectivity index (χ1n) is 10.7. The maximum Gasteiger partial charge on any atom is 0.184 e. The Morgan fingerprint density at radius 3 is 1.54 bits per heavy atom. The summed E-state index contributed by atoms with van der Waals surface area (Å²) in [6, 6.07) is 0. The molecule has 0 radical (unpaired) electrons. The van der Waals surface area contributed by atoms with E-state index in [1.165, 1.54) is 11.1 Å². The SMILES string of the molecule is C[Si](C)(C)OC12CC3=CC(=O)C[C@@H]3CC1(O[Si](C)(C)C)C[C@@H]1CC(=O)C=C1C2. The van der Waals surface area contributed by atoms with E-state index in [2.05, 4.69) is 39.3 Å². The third-order valence-corrected chi connectivity index (χ3v) is 8.61. The Morgan fingerprint density at radius 2 is 1.14 bits per heavy atom. The van der Waals surface area contributed by atoms with Crippen LogP contribution in [-0.2, 0) is 18.4 Å². The molecule has 0 N–H and O–H groups in total. The lowest BCUT2D eigenvalue weighted by molar-refractivity contribution is -0.171. The number of fused-ring (bicyclic) bond motifs is 3. The summed E-state index contributed by atoms with van der Waals surface area (Å²) in [7, 11) is -3.78. The van der Waals surface area contributed by atoms with Crippen LogP contribution >= 0.6 is 0 Å². The highest BCUT2D eigenvalue weighted by Gasteiger charge is 2.64. The van der Waals surface area contributed by atoms with Crippen LogP contribution in [0.4, 0.5) is 0 Å². The lowest BCUT2D eigenvalue weighted by Gasteiger charge is -2.62. The van der Waals surface area contributed by atoms with Crippen molar-refractivity contribution in [1.29, 1.82) is 0 Å². The first kappa shape index (κ1) is 20.4. The molecule has 0 aromatic carbocycles. The second-order valence-electron chi connectivity index (χ2n) is 11.4. The summed E-state index contributed by atoms with van der Waals surface area (Å²) in [5.74, 6) is 1.06. The van der Waals surface area contributed by atoms with Crippen LogP contribution in [0.5, 0.6) is 0 Å². The fourth-order valence-electron chi connectivity index (χ4n) is 6.12. The lowest BCUT2D eigenvalue weighted by atomic mass is 9.57. The predicted molar refractivity (Wildman–Crippen MR) is 115 cm³/mol. The van der Waals surface area contributed by atoms with Crippen LogP contribution in [0.25, 0.3) is 0 Å². The Balaban J connectivity index is 1.85. The second kappa shape index (κ2) is 6.33. The van der Waals surface area contributed by atoms with Crippen LogP contribution in [0.15, 0.2) is 23.3 Å². The fourth-order valence-corrected chi connectivity index (χ4v) is 9.15. The van der Waals surface area contributed by atoms with Gasteiger partial charge in [-0.1, -0.05) is 11.1 Å². The fraction of sp³-hybridized carbons (Fsp3) is 0.727. The number of carbonyl (C=O) groups is 2.